The number of anilines is 1. The van der Waals surface area contributed by atoms with Gasteiger partial charge in [0.25, 0.3) is 5.91 Å². The van der Waals surface area contributed by atoms with Crippen LogP contribution in [0, 0.1) is 0 Å². The van der Waals surface area contributed by atoms with Gasteiger partial charge in [-0.1, -0.05) is 6.08 Å². The quantitative estimate of drug-likeness (QED) is 0.466. The number of carbonyl (C=O) groups is 2. The molecule has 0 saturated carbocycles. The predicted molar refractivity (Wildman–Crippen MR) is 75.3 cm³/mol. The number of ketones is 1. The van der Waals surface area contributed by atoms with Gasteiger partial charge in [0, 0.05) is 11.3 Å². The van der Waals surface area contributed by atoms with Crippen molar-refractivity contribution >= 4 is 17.4 Å². The minimum absolute atomic E-state index is 0.000923. The van der Waals surface area contributed by atoms with Crippen molar-refractivity contribution in [2.24, 2.45) is 0 Å². The van der Waals surface area contributed by atoms with Crippen molar-refractivity contribution in [1.82, 2.24) is 0 Å². The van der Waals surface area contributed by atoms with Crippen molar-refractivity contribution in [2.75, 3.05) is 11.9 Å². The first kappa shape index (κ1) is 15.1. The second-order valence-electron chi connectivity index (χ2n) is 4.21. The SMILES string of the molecule is C=CCCOC(C)C(=O)Nc1ccc(C(C)=O)cc1. The Morgan fingerprint density at radius 2 is 2.00 bits per heavy atom. The number of carbonyl (C=O) groups excluding carboxylic acids is 2. The van der Waals surface area contributed by atoms with Crippen LogP contribution in [0.1, 0.15) is 30.6 Å². The number of rotatable bonds is 7. The molecular formula is C15H19NO3. The molecule has 0 radical (unpaired) electrons. The zero-order chi connectivity index (χ0) is 14.3. The lowest BCUT2D eigenvalue weighted by Gasteiger charge is -2.13. The molecule has 1 N–H and O–H groups in total. The molecule has 19 heavy (non-hydrogen) atoms. The summed E-state index contributed by atoms with van der Waals surface area (Å²) in [6.07, 6.45) is 1.93. The number of nitrogens with one attached hydrogen (secondary N) is 1. The number of hydrogen-bond donors (Lipinski definition) is 1. The highest BCUT2D eigenvalue weighted by Gasteiger charge is 2.13. The molecule has 1 unspecified atom stereocenters. The lowest BCUT2D eigenvalue weighted by atomic mass is 10.1. The van der Waals surface area contributed by atoms with Crippen LogP contribution >= 0.6 is 0 Å². The number of hydrogen-bond acceptors (Lipinski definition) is 3. The second kappa shape index (κ2) is 7.48. The molecule has 0 spiro atoms. The minimum Gasteiger partial charge on any atom is -0.368 e. The zero-order valence-corrected chi connectivity index (χ0v) is 11.3. The molecule has 1 rings (SSSR count). The van der Waals surface area contributed by atoms with Gasteiger partial charge in [0.2, 0.25) is 0 Å². The van der Waals surface area contributed by atoms with E-state index in [4.69, 9.17) is 4.74 Å². The Bertz CT molecular complexity index is 451. The van der Waals surface area contributed by atoms with Gasteiger partial charge in [-0.25, -0.2) is 0 Å². The second-order valence-corrected chi connectivity index (χ2v) is 4.21. The van der Waals surface area contributed by atoms with Crippen molar-refractivity contribution in [3.63, 3.8) is 0 Å². The van der Waals surface area contributed by atoms with E-state index in [2.05, 4.69) is 11.9 Å². The maximum absolute atomic E-state index is 11.8. The highest BCUT2D eigenvalue weighted by molar-refractivity contribution is 5.96. The largest absolute Gasteiger partial charge is 0.368 e. The molecule has 1 atom stereocenters. The third-order valence-electron chi connectivity index (χ3n) is 2.62. The molecule has 0 bridgehead atoms. The molecule has 0 aliphatic carbocycles. The summed E-state index contributed by atoms with van der Waals surface area (Å²) in [6.45, 7) is 7.26. The molecule has 1 amide bonds. The Kier molecular flexibility index (Phi) is 5.96. The third-order valence-corrected chi connectivity index (χ3v) is 2.62. The van der Waals surface area contributed by atoms with Crippen molar-refractivity contribution in [3.05, 3.63) is 42.5 Å². The average molecular weight is 261 g/mol. The summed E-state index contributed by atoms with van der Waals surface area (Å²) in [5, 5.41) is 2.73. The van der Waals surface area contributed by atoms with Crippen LogP contribution in [0.5, 0.6) is 0 Å². The Labute approximate surface area is 113 Å². The Hall–Kier alpha value is -1.94. The van der Waals surface area contributed by atoms with Crippen molar-refractivity contribution in [2.45, 2.75) is 26.4 Å². The summed E-state index contributed by atoms with van der Waals surface area (Å²) in [4.78, 5) is 22.9. The fourth-order valence-corrected chi connectivity index (χ4v) is 1.44. The summed E-state index contributed by atoms with van der Waals surface area (Å²) in [5.41, 5.74) is 1.27. The van der Waals surface area contributed by atoms with Crippen LogP contribution in [-0.4, -0.2) is 24.4 Å². The zero-order valence-electron chi connectivity index (χ0n) is 11.3. The minimum atomic E-state index is -0.521. The van der Waals surface area contributed by atoms with Crippen molar-refractivity contribution < 1.29 is 14.3 Å². The van der Waals surface area contributed by atoms with Gasteiger partial charge in [-0.05, 0) is 44.5 Å². The molecule has 4 heteroatoms. The third kappa shape index (κ3) is 5.06. The first-order valence-corrected chi connectivity index (χ1v) is 6.19. The Morgan fingerprint density at radius 3 is 2.53 bits per heavy atom. The number of benzene rings is 1. The van der Waals surface area contributed by atoms with Gasteiger partial charge in [0.05, 0.1) is 6.61 Å². The maximum Gasteiger partial charge on any atom is 0.253 e. The summed E-state index contributed by atoms with van der Waals surface area (Å²) in [6, 6.07) is 6.76. The van der Waals surface area contributed by atoms with Gasteiger partial charge in [-0.15, -0.1) is 6.58 Å². The van der Waals surface area contributed by atoms with E-state index in [1.165, 1.54) is 6.92 Å². The van der Waals surface area contributed by atoms with Gasteiger partial charge in [-0.2, -0.15) is 0 Å². The molecule has 1 aromatic rings. The topological polar surface area (TPSA) is 55.4 Å². The first-order chi connectivity index (χ1) is 9.04. The smallest absolute Gasteiger partial charge is 0.253 e. The molecule has 0 fully saturated rings. The standard InChI is InChI=1S/C15H19NO3/c1-4-5-10-19-12(3)15(18)16-14-8-6-13(7-9-14)11(2)17/h4,6-9,12H,1,5,10H2,2-3H3,(H,16,18). The van der Waals surface area contributed by atoms with Gasteiger partial charge in [0.1, 0.15) is 6.10 Å². The fraction of sp³-hybridized carbons (Fsp3) is 0.333. The van der Waals surface area contributed by atoms with E-state index >= 15 is 0 Å². The van der Waals surface area contributed by atoms with E-state index in [9.17, 15) is 9.59 Å². The van der Waals surface area contributed by atoms with E-state index < -0.39 is 6.10 Å². The van der Waals surface area contributed by atoms with Crippen LogP contribution in [0.15, 0.2) is 36.9 Å². The Balaban J connectivity index is 2.51. The van der Waals surface area contributed by atoms with E-state index in [1.54, 1.807) is 37.3 Å². The summed E-state index contributed by atoms with van der Waals surface area (Å²) >= 11 is 0. The molecular weight excluding hydrogens is 242 g/mol. The first-order valence-electron chi connectivity index (χ1n) is 6.19. The molecule has 102 valence electrons. The van der Waals surface area contributed by atoms with Gasteiger partial charge >= 0.3 is 0 Å². The van der Waals surface area contributed by atoms with Gasteiger partial charge < -0.3 is 10.1 Å². The van der Waals surface area contributed by atoms with Crippen LogP contribution in [0.4, 0.5) is 5.69 Å². The summed E-state index contributed by atoms with van der Waals surface area (Å²) in [5.74, 6) is -0.210. The highest BCUT2D eigenvalue weighted by Crippen LogP contribution is 2.11. The van der Waals surface area contributed by atoms with E-state index in [0.29, 0.717) is 24.3 Å². The number of Topliss-reactive ketones (excluding diaryl/α,β-unsaturated/α-hetero) is 1. The maximum atomic E-state index is 11.8. The number of ether oxygens (including phenoxy) is 1. The molecule has 0 heterocycles. The summed E-state index contributed by atoms with van der Waals surface area (Å²) < 4.78 is 5.34. The van der Waals surface area contributed by atoms with Crippen LogP contribution in [0.3, 0.4) is 0 Å². The lowest BCUT2D eigenvalue weighted by Crippen LogP contribution is -2.28. The predicted octanol–water partition coefficient (Wildman–Crippen LogP) is 2.81. The molecule has 0 saturated heterocycles. The van der Waals surface area contributed by atoms with Crippen LogP contribution in [-0.2, 0) is 9.53 Å². The van der Waals surface area contributed by atoms with Crippen molar-refractivity contribution in [1.29, 1.82) is 0 Å². The van der Waals surface area contributed by atoms with E-state index in [1.807, 2.05) is 0 Å². The lowest BCUT2D eigenvalue weighted by molar-refractivity contribution is -0.126. The molecule has 0 aliphatic heterocycles. The highest BCUT2D eigenvalue weighted by atomic mass is 16.5. The monoisotopic (exact) mass is 261 g/mol. The number of amides is 1. The van der Waals surface area contributed by atoms with Gasteiger partial charge in [-0.3, -0.25) is 9.59 Å². The van der Waals surface area contributed by atoms with E-state index in [-0.39, 0.29) is 11.7 Å². The fourth-order valence-electron chi connectivity index (χ4n) is 1.44. The average Bonchev–Trinajstić information content (AvgIpc) is 2.39. The van der Waals surface area contributed by atoms with E-state index in [0.717, 1.165) is 0 Å². The summed E-state index contributed by atoms with van der Waals surface area (Å²) in [7, 11) is 0. The molecule has 0 aromatic heterocycles. The normalized spacial score (nSPS) is 11.7. The van der Waals surface area contributed by atoms with Crippen LogP contribution in [0.25, 0.3) is 0 Å². The molecule has 4 nitrogen and oxygen atoms in total. The van der Waals surface area contributed by atoms with Gasteiger partial charge in [0.15, 0.2) is 5.78 Å². The Morgan fingerprint density at radius 1 is 1.37 bits per heavy atom. The van der Waals surface area contributed by atoms with Crippen LogP contribution < -0.4 is 5.32 Å². The molecule has 0 aliphatic rings. The van der Waals surface area contributed by atoms with Crippen molar-refractivity contribution in [3.8, 4) is 0 Å². The molecule has 1 aromatic carbocycles. The van der Waals surface area contributed by atoms with Crippen LogP contribution in [0.2, 0.25) is 0 Å².